The molecule has 0 bridgehead atoms. The van der Waals surface area contributed by atoms with Gasteiger partial charge in [-0.2, -0.15) is 0 Å². The van der Waals surface area contributed by atoms with Crippen LogP contribution in [0.2, 0.25) is 0 Å². The molecule has 0 heterocycles. The Balaban J connectivity index is 2.50. The normalized spacial score (nSPS) is 12.5. The fourth-order valence-electron chi connectivity index (χ4n) is 2.73. The van der Waals surface area contributed by atoms with Crippen molar-refractivity contribution in [3.05, 3.63) is 24.3 Å². The van der Waals surface area contributed by atoms with E-state index >= 15 is 0 Å². The number of ether oxygens (including phenoxy) is 1. The third-order valence-corrected chi connectivity index (χ3v) is 4.68. The molecule has 1 unspecified atom stereocenters. The Morgan fingerprint density at radius 3 is 2.23 bits per heavy atom. The van der Waals surface area contributed by atoms with Gasteiger partial charge in [0, 0.05) is 0 Å². The van der Waals surface area contributed by atoms with Gasteiger partial charge in [-0.05, 0) is 25.0 Å². The maximum Gasteiger partial charge on any atom is 0.258 e. The number of hydrogen-bond donors (Lipinski definition) is 2. The Kier molecular flexibility index (Phi) is 10.1. The van der Waals surface area contributed by atoms with Gasteiger partial charge in [0.15, 0.2) is 6.10 Å². The molecular weight excluding hydrogens is 352 g/mol. The molecule has 7 heteroatoms. The Hall–Kier alpha value is -1.76. The summed E-state index contributed by atoms with van der Waals surface area (Å²) in [5.41, 5.74) is 5.76. The van der Waals surface area contributed by atoms with Crippen LogP contribution in [0.25, 0.3) is 0 Å². The molecule has 0 aliphatic heterocycles. The molecule has 1 aromatic rings. The number of nitrogens with one attached hydrogen (secondary N) is 1. The van der Waals surface area contributed by atoms with Gasteiger partial charge in [-0.25, -0.2) is 8.42 Å². The minimum atomic E-state index is -3.44. The van der Waals surface area contributed by atoms with E-state index in [0.717, 1.165) is 25.5 Å². The van der Waals surface area contributed by atoms with Gasteiger partial charge < -0.3 is 10.5 Å². The van der Waals surface area contributed by atoms with E-state index in [9.17, 15) is 13.2 Å². The smallest absolute Gasteiger partial charge is 0.258 e. The third-order valence-electron chi connectivity index (χ3n) is 4.09. The Labute approximate surface area is 157 Å². The predicted octanol–water partition coefficient (Wildman–Crippen LogP) is 3.82. The van der Waals surface area contributed by atoms with Crippen LogP contribution < -0.4 is 15.2 Å². The molecule has 3 N–H and O–H groups in total. The summed E-state index contributed by atoms with van der Waals surface area (Å²) in [7, 11) is -3.44. The van der Waals surface area contributed by atoms with Crippen LogP contribution >= 0.6 is 0 Å². The van der Waals surface area contributed by atoms with Crippen molar-refractivity contribution in [2.24, 2.45) is 5.73 Å². The molecule has 148 valence electrons. The van der Waals surface area contributed by atoms with Crippen LogP contribution in [0.3, 0.4) is 0 Å². The molecule has 1 aromatic carbocycles. The summed E-state index contributed by atoms with van der Waals surface area (Å²) < 4.78 is 31.0. The minimum absolute atomic E-state index is 0.303. The van der Waals surface area contributed by atoms with Gasteiger partial charge in [0.1, 0.15) is 5.75 Å². The zero-order valence-corrected chi connectivity index (χ0v) is 16.7. The van der Waals surface area contributed by atoms with Crippen molar-refractivity contribution in [2.45, 2.75) is 70.8 Å². The number of nitrogens with two attached hydrogens (primary N) is 1. The number of carbonyl (C=O) groups is 1. The summed E-state index contributed by atoms with van der Waals surface area (Å²) in [4.78, 5) is 11.7. The number of sulfonamides is 1. The zero-order valence-electron chi connectivity index (χ0n) is 15.9. The monoisotopic (exact) mass is 384 g/mol. The molecule has 0 aliphatic rings. The molecular formula is C19H32N2O4S. The van der Waals surface area contributed by atoms with E-state index in [4.69, 9.17) is 10.5 Å². The van der Waals surface area contributed by atoms with E-state index < -0.39 is 22.0 Å². The zero-order chi connectivity index (χ0) is 19.4. The van der Waals surface area contributed by atoms with Crippen LogP contribution in [0.1, 0.15) is 64.7 Å². The number of para-hydroxylation sites is 2. The lowest BCUT2D eigenvalue weighted by molar-refractivity contribution is -0.125. The Bertz CT molecular complexity index is 647. The fraction of sp³-hybridized carbons (Fsp3) is 0.632. The van der Waals surface area contributed by atoms with Crippen molar-refractivity contribution >= 4 is 21.6 Å². The number of primary amides is 1. The number of anilines is 1. The summed E-state index contributed by atoms with van der Waals surface area (Å²) in [6.07, 6.45) is 10.1. The van der Waals surface area contributed by atoms with E-state index in [2.05, 4.69) is 11.6 Å². The number of carbonyl (C=O) groups excluding carboxylic acids is 1. The maximum absolute atomic E-state index is 11.7. The topological polar surface area (TPSA) is 98.5 Å². The average Bonchev–Trinajstić information content (AvgIpc) is 2.56. The lowest BCUT2D eigenvalue weighted by Crippen LogP contribution is -2.34. The molecule has 1 atom stereocenters. The van der Waals surface area contributed by atoms with E-state index in [1.54, 1.807) is 24.3 Å². The van der Waals surface area contributed by atoms with Gasteiger partial charge in [0.2, 0.25) is 10.0 Å². The first-order valence-electron chi connectivity index (χ1n) is 9.36. The number of rotatable bonds is 14. The molecule has 0 fully saturated rings. The van der Waals surface area contributed by atoms with Crippen molar-refractivity contribution in [3.63, 3.8) is 0 Å². The van der Waals surface area contributed by atoms with Gasteiger partial charge in [0.05, 0.1) is 11.9 Å². The van der Waals surface area contributed by atoms with Gasteiger partial charge >= 0.3 is 0 Å². The van der Waals surface area contributed by atoms with E-state index in [0.29, 0.717) is 17.9 Å². The quantitative estimate of drug-likeness (QED) is 0.476. The van der Waals surface area contributed by atoms with Gasteiger partial charge in [-0.1, -0.05) is 64.0 Å². The van der Waals surface area contributed by atoms with E-state index in [1.807, 2.05) is 0 Å². The maximum atomic E-state index is 11.7. The number of unbranched alkanes of at least 4 members (excludes halogenated alkanes) is 7. The van der Waals surface area contributed by atoms with Gasteiger partial charge in [-0.3, -0.25) is 9.52 Å². The molecule has 0 radical (unpaired) electrons. The molecule has 1 rings (SSSR count). The molecule has 0 saturated heterocycles. The second-order valence-electron chi connectivity index (χ2n) is 6.64. The van der Waals surface area contributed by atoms with Crippen molar-refractivity contribution in [2.75, 3.05) is 11.0 Å². The predicted molar refractivity (Wildman–Crippen MR) is 106 cm³/mol. The van der Waals surface area contributed by atoms with Crippen LogP contribution in [-0.4, -0.2) is 26.7 Å². The minimum Gasteiger partial charge on any atom is -0.478 e. The highest BCUT2D eigenvalue weighted by molar-refractivity contribution is 7.92. The van der Waals surface area contributed by atoms with Crippen LogP contribution in [0.15, 0.2) is 24.3 Å². The highest BCUT2D eigenvalue weighted by Crippen LogP contribution is 2.26. The van der Waals surface area contributed by atoms with Crippen LogP contribution in [0.5, 0.6) is 5.75 Å². The Morgan fingerprint density at radius 1 is 1.08 bits per heavy atom. The first-order valence-corrected chi connectivity index (χ1v) is 11.3. The largest absolute Gasteiger partial charge is 0.478 e. The average molecular weight is 385 g/mol. The highest BCUT2D eigenvalue weighted by Gasteiger charge is 2.19. The summed E-state index contributed by atoms with van der Waals surface area (Å²) in [6, 6.07) is 6.62. The first-order chi connectivity index (χ1) is 12.3. The second-order valence-corrected chi connectivity index (χ2v) is 8.39. The van der Waals surface area contributed by atoms with Crippen LogP contribution in [0.4, 0.5) is 5.69 Å². The fourth-order valence-corrected chi connectivity index (χ4v) is 3.30. The molecule has 1 amide bonds. The molecule has 0 spiro atoms. The van der Waals surface area contributed by atoms with E-state index in [-0.39, 0.29) is 0 Å². The third kappa shape index (κ3) is 9.65. The first kappa shape index (κ1) is 22.3. The molecule has 6 nitrogen and oxygen atoms in total. The van der Waals surface area contributed by atoms with Gasteiger partial charge in [0.25, 0.3) is 5.91 Å². The summed E-state index contributed by atoms with van der Waals surface area (Å²) in [6.45, 7) is 2.20. The standard InChI is InChI=1S/C19H32N2O4S/c1-3-4-5-6-7-8-9-10-15-18(19(20)22)25-17-14-12-11-13-16(17)21-26(2,23)24/h11-14,18,21H,3-10,15H2,1-2H3,(H2,20,22). The van der Waals surface area contributed by atoms with Crippen LogP contribution in [0, 0.1) is 0 Å². The number of amides is 1. The van der Waals surface area contributed by atoms with Crippen molar-refractivity contribution < 1.29 is 17.9 Å². The lowest BCUT2D eigenvalue weighted by Gasteiger charge is -2.18. The molecule has 0 saturated carbocycles. The number of benzene rings is 1. The summed E-state index contributed by atoms with van der Waals surface area (Å²) >= 11 is 0. The summed E-state index contributed by atoms with van der Waals surface area (Å²) in [5, 5.41) is 0. The van der Waals surface area contributed by atoms with Crippen molar-refractivity contribution in [3.8, 4) is 5.75 Å². The molecule has 26 heavy (non-hydrogen) atoms. The second kappa shape index (κ2) is 11.8. The Morgan fingerprint density at radius 2 is 1.65 bits per heavy atom. The van der Waals surface area contributed by atoms with E-state index in [1.165, 1.54) is 32.1 Å². The van der Waals surface area contributed by atoms with Crippen molar-refractivity contribution in [1.82, 2.24) is 0 Å². The highest BCUT2D eigenvalue weighted by atomic mass is 32.2. The SMILES string of the molecule is CCCCCCCCCCC(Oc1ccccc1NS(C)(=O)=O)C(N)=O. The summed E-state index contributed by atoms with van der Waals surface area (Å²) in [5.74, 6) is -0.233. The molecule has 0 aliphatic carbocycles. The number of hydrogen-bond acceptors (Lipinski definition) is 4. The van der Waals surface area contributed by atoms with Crippen molar-refractivity contribution in [1.29, 1.82) is 0 Å². The van der Waals surface area contributed by atoms with Gasteiger partial charge in [-0.15, -0.1) is 0 Å². The lowest BCUT2D eigenvalue weighted by atomic mass is 10.1. The van der Waals surface area contributed by atoms with Crippen LogP contribution in [-0.2, 0) is 14.8 Å². The molecule has 0 aromatic heterocycles.